The van der Waals surface area contributed by atoms with Gasteiger partial charge in [-0.15, -0.1) is 11.3 Å². The molecule has 0 aliphatic carbocycles. The van der Waals surface area contributed by atoms with Gasteiger partial charge in [0.2, 0.25) is 17.8 Å². The molecule has 0 spiro atoms. The highest BCUT2D eigenvalue weighted by atomic mass is 32.1. The van der Waals surface area contributed by atoms with Crippen molar-refractivity contribution in [1.82, 2.24) is 19.9 Å². The van der Waals surface area contributed by atoms with Crippen LogP contribution in [-0.2, 0) is 6.54 Å². The number of aryl methyl sites for hydroxylation is 1. The predicted octanol–water partition coefficient (Wildman–Crippen LogP) is 1.38. The van der Waals surface area contributed by atoms with Gasteiger partial charge in [0.1, 0.15) is 0 Å². The van der Waals surface area contributed by atoms with E-state index in [4.69, 9.17) is 5.84 Å². The molecule has 9 heteroatoms. The molecule has 0 saturated heterocycles. The molecular weight excluding hydrogens is 288 g/mol. The molecule has 2 heterocycles. The fourth-order valence-electron chi connectivity index (χ4n) is 1.81. The number of thiazole rings is 1. The van der Waals surface area contributed by atoms with E-state index in [0.29, 0.717) is 24.4 Å². The van der Waals surface area contributed by atoms with Gasteiger partial charge in [-0.25, -0.2) is 10.8 Å². The number of nitrogens with zero attached hydrogens (tertiary/aromatic N) is 5. The lowest BCUT2D eigenvalue weighted by molar-refractivity contribution is 0.812. The number of anilines is 3. The van der Waals surface area contributed by atoms with E-state index in [1.807, 2.05) is 17.3 Å². The quantitative estimate of drug-likeness (QED) is 0.520. The maximum absolute atomic E-state index is 5.43. The second-order valence-electron chi connectivity index (χ2n) is 4.31. The van der Waals surface area contributed by atoms with Crippen LogP contribution < -0.4 is 21.5 Å². The van der Waals surface area contributed by atoms with Crippen LogP contribution in [-0.4, -0.2) is 33.0 Å². The van der Waals surface area contributed by atoms with Gasteiger partial charge in [-0.2, -0.15) is 15.0 Å². The molecule has 0 atom stereocenters. The largest absolute Gasteiger partial charge is 0.349 e. The summed E-state index contributed by atoms with van der Waals surface area (Å²) in [5.74, 6) is 6.87. The first kappa shape index (κ1) is 15.4. The predicted molar refractivity (Wildman–Crippen MR) is 85.4 cm³/mol. The Morgan fingerprint density at radius 3 is 2.48 bits per heavy atom. The van der Waals surface area contributed by atoms with E-state index in [-0.39, 0.29) is 0 Å². The van der Waals surface area contributed by atoms with Crippen LogP contribution in [0.2, 0.25) is 0 Å². The fourth-order valence-corrected chi connectivity index (χ4v) is 2.53. The second-order valence-corrected chi connectivity index (χ2v) is 5.25. The van der Waals surface area contributed by atoms with Gasteiger partial charge >= 0.3 is 0 Å². The summed E-state index contributed by atoms with van der Waals surface area (Å²) in [6.45, 7) is 8.35. The maximum atomic E-state index is 5.43. The van der Waals surface area contributed by atoms with E-state index in [9.17, 15) is 0 Å². The topological polar surface area (TPSA) is 105 Å². The van der Waals surface area contributed by atoms with Crippen LogP contribution in [0.5, 0.6) is 0 Å². The Balaban J connectivity index is 2.18. The average molecular weight is 308 g/mol. The van der Waals surface area contributed by atoms with Crippen LogP contribution in [0.1, 0.15) is 24.4 Å². The number of nitrogens with one attached hydrogen (secondary N) is 2. The van der Waals surface area contributed by atoms with Gasteiger partial charge in [0.15, 0.2) is 0 Å². The molecule has 0 aliphatic rings. The Bertz CT molecular complexity index is 580. The van der Waals surface area contributed by atoms with Crippen molar-refractivity contribution < 1.29 is 0 Å². The molecule has 2 rings (SSSR count). The highest BCUT2D eigenvalue weighted by Gasteiger charge is 2.11. The number of hydrogen-bond donors (Lipinski definition) is 3. The van der Waals surface area contributed by atoms with Crippen LogP contribution in [0, 0.1) is 6.92 Å². The Hall–Kier alpha value is -2.00. The van der Waals surface area contributed by atoms with Crippen molar-refractivity contribution in [3.05, 3.63) is 16.1 Å². The zero-order valence-electron chi connectivity index (χ0n) is 12.4. The molecule has 0 fully saturated rings. The Labute approximate surface area is 127 Å². The lowest BCUT2D eigenvalue weighted by Gasteiger charge is -2.19. The Morgan fingerprint density at radius 2 is 1.90 bits per heavy atom. The van der Waals surface area contributed by atoms with E-state index in [1.54, 1.807) is 11.3 Å². The van der Waals surface area contributed by atoms with Crippen LogP contribution in [0.3, 0.4) is 0 Å². The van der Waals surface area contributed by atoms with Crippen LogP contribution in [0.4, 0.5) is 17.8 Å². The van der Waals surface area contributed by atoms with Crippen molar-refractivity contribution in [3.63, 3.8) is 0 Å². The van der Waals surface area contributed by atoms with Crippen molar-refractivity contribution in [2.75, 3.05) is 28.7 Å². The minimum atomic E-state index is 0.343. The second kappa shape index (κ2) is 7.14. The van der Waals surface area contributed by atoms with Crippen LogP contribution >= 0.6 is 11.3 Å². The SMILES string of the molecule is CCN(CC)c1nc(NN)nc(NCc2scnc2C)n1. The first-order valence-electron chi connectivity index (χ1n) is 6.78. The van der Waals surface area contributed by atoms with Gasteiger partial charge in [-0.05, 0) is 20.8 Å². The molecule has 114 valence electrons. The monoisotopic (exact) mass is 308 g/mol. The molecule has 2 aromatic rings. The molecule has 4 N–H and O–H groups in total. The first-order chi connectivity index (χ1) is 10.2. The minimum Gasteiger partial charge on any atom is -0.349 e. The van der Waals surface area contributed by atoms with Crippen LogP contribution in [0.25, 0.3) is 0 Å². The molecule has 0 aromatic carbocycles. The van der Waals surface area contributed by atoms with E-state index < -0.39 is 0 Å². The third-order valence-corrected chi connectivity index (χ3v) is 3.99. The van der Waals surface area contributed by atoms with Crippen molar-refractivity contribution in [2.45, 2.75) is 27.3 Å². The highest BCUT2D eigenvalue weighted by Crippen LogP contribution is 2.16. The number of hydrogen-bond acceptors (Lipinski definition) is 9. The van der Waals surface area contributed by atoms with Crippen molar-refractivity contribution in [1.29, 1.82) is 0 Å². The Morgan fingerprint density at radius 1 is 1.19 bits per heavy atom. The summed E-state index contributed by atoms with van der Waals surface area (Å²) in [4.78, 5) is 20.3. The average Bonchev–Trinajstić information content (AvgIpc) is 2.91. The summed E-state index contributed by atoms with van der Waals surface area (Å²) in [6, 6.07) is 0. The molecule has 0 bridgehead atoms. The summed E-state index contributed by atoms with van der Waals surface area (Å²) in [7, 11) is 0. The molecule has 2 aromatic heterocycles. The van der Waals surface area contributed by atoms with E-state index in [2.05, 4.69) is 44.5 Å². The molecular formula is C12H20N8S. The first-order valence-corrected chi connectivity index (χ1v) is 7.66. The van der Waals surface area contributed by atoms with E-state index >= 15 is 0 Å². The number of aromatic nitrogens is 4. The summed E-state index contributed by atoms with van der Waals surface area (Å²) in [5.41, 5.74) is 5.32. The zero-order valence-corrected chi connectivity index (χ0v) is 13.2. The van der Waals surface area contributed by atoms with E-state index in [1.165, 1.54) is 0 Å². The standard InChI is InChI=1S/C12H20N8S/c1-4-20(5-2)12-17-10(16-11(18-12)19-13)14-6-9-8(3)15-7-21-9/h7H,4-6,13H2,1-3H3,(H2,14,16,17,18,19). The fraction of sp³-hybridized carbons (Fsp3) is 0.500. The summed E-state index contributed by atoms with van der Waals surface area (Å²) < 4.78 is 0. The Kier molecular flexibility index (Phi) is 5.23. The van der Waals surface area contributed by atoms with Crippen molar-refractivity contribution in [2.24, 2.45) is 5.84 Å². The third kappa shape index (κ3) is 3.76. The summed E-state index contributed by atoms with van der Waals surface area (Å²) in [5, 5.41) is 3.19. The molecule has 21 heavy (non-hydrogen) atoms. The summed E-state index contributed by atoms with van der Waals surface area (Å²) >= 11 is 1.60. The molecule has 0 saturated carbocycles. The van der Waals surface area contributed by atoms with E-state index in [0.717, 1.165) is 23.7 Å². The number of rotatable bonds is 7. The molecule has 8 nitrogen and oxygen atoms in total. The minimum absolute atomic E-state index is 0.343. The van der Waals surface area contributed by atoms with Crippen LogP contribution in [0.15, 0.2) is 5.51 Å². The van der Waals surface area contributed by atoms with Gasteiger partial charge in [0.25, 0.3) is 0 Å². The lowest BCUT2D eigenvalue weighted by atomic mass is 10.4. The van der Waals surface area contributed by atoms with Crippen molar-refractivity contribution in [3.8, 4) is 0 Å². The van der Waals surface area contributed by atoms with Gasteiger partial charge in [0.05, 0.1) is 17.7 Å². The molecule has 0 radical (unpaired) electrons. The third-order valence-electron chi connectivity index (χ3n) is 3.05. The lowest BCUT2D eigenvalue weighted by Crippen LogP contribution is -2.26. The molecule has 0 amide bonds. The number of hydrazine groups is 1. The zero-order chi connectivity index (χ0) is 15.2. The highest BCUT2D eigenvalue weighted by molar-refractivity contribution is 7.09. The van der Waals surface area contributed by atoms with Gasteiger partial charge in [0, 0.05) is 18.0 Å². The molecule has 0 unspecified atom stereocenters. The summed E-state index contributed by atoms with van der Waals surface area (Å²) in [6.07, 6.45) is 0. The molecule has 0 aliphatic heterocycles. The van der Waals surface area contributed by atoms with Crippen molar-refractivity contribution >= 4 is 29.2 Å². The smallest absolute Gasteiger partial charge is 0.243 e. The number of nitrogen functional groups attached to an aromatic ring is 1. The van der Waals surface area contributed by atoms with Gasteiger partial charge in [-0.1, -0.05) is 0 Å². The van der Waals surface area contributed by atoms with Gasteiger partial charge < -0.3 is 10.2 Å². The number of nitrogens with two attached hydrogens (primary N) is 1. The van der Waals surface area contributed by atoms with Gasteiger partial charge in [-0.3, -0.25) is 5.43 Å². The maximum Gasteiger partial charge on any atom is 0.243 e. The normalized spacial score (nSPS) is 10.5.